The van der Waals surface area contributed by atoms with Gasteiger partial charge in [0.05, 0.1) is 18.6 Å². The van der Waals surface area contributed by atoms with E-state index in [0.29, 0.717) is 23.7 Å². The molecular weight excluding hydrogens is 326 g/mol. The lowest BCUT2D eigenvalue weighted by Gasteiger charge is -2.38. The van der Waals surface area contributed by atoms with Crippen LogP contribution in [0, 0.1) is 0 Å². The molecule has 7 heteroatoms. The van der Waals surface area contributed by atoms with Crippen molar-refractivity contribution in [3.8, 4) is 10.8 Å². The second kappa shape index (κ2) is 6.66. The minimum atomic E-state index is -0.204. The molecule has 3 heterocycles. The molecule has 1 saturated carbocycles. The summed E-state index contributed by atoms with van der Waals surface area (Å²) in [5.41, 5.74) is 0. The number of furan rings is 1. The molecule has 2 fully saturated rings. The SMILES string of the molecule is O=C(c1cnc(-c2ccco2)s1)N1CCN([C@@H]2CCC[C@H]2O)CC1. The molecule has 2 aliphatic rings. The molecule has 0 unspecified atom stereocenters. The maximum atomic E-state index is 12.7. The Labute approximate surface area is 144 Å². The van der Waals surface area contributed by atoms with E-state index < -0.39 is 0 Å². The Morgan fingerprint density at radius 2 is 2.12 bits per heavy atom. The Balaban J connectivity index is 1.38. The largest absolute Gasteiger partial charge is 0.462 e. The van der Waals surface area contributed by atoms with Crippen molar-refractivity contribution in [3.63, 3.8) is 0 Å². The van der Waals surface area contributed by atoms with Crippen LogP contribution in [0.4, 0.5) is 0 Å². The number of aromatic nitrogens is 1. The minimum Gasteiger partial charge on any atom is -0.462 e. The molecule has 128 valence electrons. The fourth-order valence-corrected chi connectivity index (χ4v) is 4.50. The van der Waals surface area contributed by atoms with Crippen molar-refractivity contribution in [2.24, 2.45) is 0 Å². The number of carbonyl (C=O) groups excluding carboxylic acids is 1. The van der Waals surface area contributed by atoms with Gasteiger partial charge in [-0.15, -0.1) is 11.3 Å². The minimum absolute atomic E-state index is 0.0388. The van der Waals surface area contributed by atoms with E-state index >= 15 is 0 Å². The predicted molar refractivity (Wildman–Crippen MR) is 90.9 cm³/mol. The van der Waals surface area contributed by atoms with Gasteiger partial charge in [-0.05, 0) is 31.4 Å². The van der Waals surface area contributed by atoms with Crippen molar-refractivity contribution in [2.75, 3.05) is 26.2 Å². The van der Waals surface area contributed by atoms with Crippen LogP contribution in [0.5, 0.6) is 0 Å². The Kier molecular flexibility index (Phi) is 4.39. The standard InChI is InChI=1S/C17H21N3O3S/c21-13-4-1-3-12(13)19-6-8-20(9-7-19)17(22)15-11-18-16(24-15)14-5-2-10-23-14/h2,5,10-13,21H,1,3-4,6-9H2/t12-,13-/m1/s1. The molecule has 4 rings (SSSR count). The molecule has 2 aromatic rings. The monoisotopic (exact) mass is 347 g/mol. The van der Waals surface area contributed by atoms with E-state index in [2.05, 4.69) is 9.88 Å². The molecule has 1 aliphatic heterocycles. The first-order valence-corrected chi connectivity index (χ1v) is 9.25. The number of aliphatic hydroxyl groups excluding tert-OH is 1. The first-order chi connectivity index (χ1) is 11.7. The fourth-order valence-electron chi connectivity index (χ4n) is 3.65. The summed E-state index contributed by atoms with van der Waals surface area (Å²) < 4.78 is 5.33. The summed E-state index contributed by atoms with van der Waals surface area (Å²) in [6.45, 7) is 3.07. The summed E-state index contributed by atoms with van der Waals surface area (Å²) in [6, 6.07) is 3.93. The lowest BCUT2D eigenvalue weighted by molar-refractivity contribution is 0.0317. The molecule has 1 saturated heterocycles. The Morgan fingerprint density at radius 3 is 2.79 bits per heavy atom. The van der Waals surface area contributed by atoms with E-state index in [1.54, 1.807) is 12.5 Å². The summed E-state index contributed by atoms with van der Waals surface area (Å²) in [7, 11) is 0. The van der Waals surface area contributed by atoms with E-state index in [-0.39, 0.29) is 18.1 Å². The van der Waals surface area contributed by atoms with Gasteiger partial charge in [0.15, 0.2) is 10.8 Å². The van der Waals surface area contributed by atoms with Crippen LogP contribution in [-0.2, 0) is 0 Å². The van der Waals surface area contributed by atoms with E-state index in [1.165, 1.54) is 11.3 Å². The summed E-state index contributed by atoms with van der Waals surface area (Å²) in [5, 5.41) is 10.8. The molecule has 0 aromatic carbocycles. The fraction of sp³-hybridized carbons (Fsp3) is 0.529. The quantitative estimate of drug-likeness (QED) is 0.920. The van der Waals surface area contributed by atoms with Gasteiger partial charge in [0, 0.05) is 32.2 Å². The highest BCUT2D eigenvalue weighted by atomic mass is 32.1. The molecule has 1 aliphatic carbocycles. The van der Waals surface area contributed by atoms with Crippen molar-refractivity contribution in [1.29, 1.82) is 0 Å². The number of nitrogens with zero attached hydrogens (tertiary/aromatic N) is 3. The number of thiazole rings is 1. The average Bonchev–Trinajstić information content (AvgIpc) is 3.35. The van der Waals surface area contributed by atoms with Gasteiger partial charge in [-0.3, -0.25) is 9.69 Å². The summed E-state index contributed by atoms with van der Waals surface area (Å²) in [5.74, 6) is 0.732. The lowest BCUT2D eigenvalue weighted by atomic mass is 10.1. The third-order valence-electron chi connectivity index (χ3n) is 4.96. The lowest BCUT2D eigenvalue weighted by Crippen LogP contribution is -2.53. The highest BCUT2D eigenvalue weighted by Gasteiger charge is 2.33. The molecule has 1 amide bonds. The number of rotatable bonds is 3. The highest BCUT2D eigenvalue weighted by molar-refractivity contribution is 7.16. The van der Waals surface area contributed by atoms with Crippen LogP contribution >= 0.6 is 11.3 Å². The Morgan fingerprint density at radius 1 is 1.29 bits per heavy atom. The molecule has 1 N–H and O–H groups in total. The third-order valence-corrected chi connectivity index (χ3v) is 5.96. The molecule has 2 atom stereocenters. The van der Waals surface area contributed by atoms with Crippen LogP contribution in [-0.4, -0.2) is 64.1 Å². The van der Waals surface area contributed by atoms with Gasteiger partial charge in [0.2, 0.25) is 0 Å². The van der Waals surface area contributed by atoms with Gasteiger partial charge in [-0.2, -0.15) is 0 Å². The van der Waals surface area contributed by atoms with Crippen LogP contribution in [0.15, 0.2) is 29.0 Å². The van der Waals surface area contributed by atoms with E-state index in [9.17, 15) is 9.90 Å². The molecule has 0 radical (unpaired) electrons. The zero-order valence-electron chi connectivity index (χ0n) is 13.4. The smallest absolute Gasteiger partial charge is 0.265 e. The van der Waals surface area contributed by atoms with Crippen molar-refractivity contribution in [3.05, 3.63) is 29.5 Å². The van der Waals surface area contributed by atoms with Crippen LogP contribution in [0.3, 0.4) is 0 Å². The topological polar surface area (TPSA) is 69.8 Å². The number of hydrogen-bond acceptors (Lipinski definition) is 6. The summed E-state index contributed by atoms with van der Waals surface area (Å²) >= 11 is 1.37. The van der Waals surface area contributed by atoms with Gasteiger partial charge < -0.3 is 14.4 Å². The predicted octanol–water partition coefficient (Wildman–Crippen LogP) is 2.07. The first kappa shape index (κ1) is 15.8. The molecule has 0 bridgehead atoms. The number of aliphatic hydroxyl groups is 1. The summed E-state index contributed by atoms with van der Waals surface area (Å²) in [4.78, 5) is 21.8. The van der Waals surface area contributed by atoms with Crippen molar-refractivity contribution < 1.29 is 14.3 Å². The molecular formula is C17H21N3O3S. The number of hydrogen-bond donors (Lipinski definition) is 1. The Bertz CT molecular complexity index is 692. The Hall–Kier alpha value is -1.70. The first-order valence-electron chi connectivity index (χ1n) is 8.43. The van der Waals surface area contributed by atoms with Crippen LogP contribution in [0.2, 0.25) is 0 Å². The van der Waals surface area contributed by atoms with Gasteiger partial charge in [-0.25, -0.2) is 4.98 Å². The van der Waals surface area contributed by atoms with E-state index in [1.807, 2.05) is 17.0 Å². The van der Waals surface area contributed by atoms with Gasteiger partial charge in [0.1, 0.15) is 4.88 Å². The maximum absolute atomic E-state index is 12.7. The molecule has 0 spiro atoms. The zero-order chi connectivity index (χ0) is 16.5. The second-order valence-electron chi connectivity index (χ2n) is 6.40. The number of piperazine rings is 1. The normalized spacial score (nSPS) is 25.3. The van der Waals surface area contributed by atoms with Gasteiger partial charge in [0.25, 0.3) is 5.91 Å². The van der Waals surface area contributed by atoms with E-state index in [0.717, 1.165) is 37.4 Å². The number of amides is 1. The molecule has 2 aromatic heterocycles. The van der Waals surface area contributed by atoms with Crippen molar-refractivity contribution in [2.45, 2.75) is 31.4 Å². The average molecular weight is 347 g/mol. The summed E-state index contributed by atoms with van der Waals surface area (Å²) in [6.07, 6.45) is 6.11. The zero-order valence-corrected chi connectivity index (χ0v) is 14.2. The van der Waals surface area contributed by atoms with Crippen LogP contribution < -0.4 is 0 Å². The van der Waals surface area contributed by atoms with Crippen molar-refractivity contribution in [1.82, 2.24) is 14.8 Å². The van der Waals surface area contributed by atoms with E-state index in [4.69, 9.17) is 4.42 Å². The van der Waals surface area contributed by atoms with Gasteiger partial charge >= 0.3 is 0 Å². The van der Waals surface area contributed by atoms with Crippen molar-refractivity contribution >= 4 is 17.2 Å². The van der Waals surface area contributed by atoms with Gasteiger partial charge in [-0.1, -0.05) is 0 Å². The highest BCUT2D eigenvalue weighted by Crippen LogP contribution is 2.28. The molecule has 6 nitrogen and oxygen atoms in total. The maximum Gasteiger partial charge on any atom is 0.265 e. The van der Waals surface area contributed by atoms with Crippen LogP contribution in [0.1, 0.15) is 28.9 Å². The molecule has 24 heavy (non-hydrogen) atoms. The number of carbonyl (C=O) groups is 1. The second-order valence-corrected chi connectivity index (χ2v) is 7.43. The van der Waals surface area contributed by atoms with Crippen LogP contribution in [0.25, 0.3) is 10.8 Å². The third kappa shape index (κ3) is 2.99.